The Hall–Kier alpha value is -2.44. The Morgan fingerprint density at radius 1 is 1.19 bits per heavy atom. The highest BCUT2D eigenvalue weighted by Gasteiger charge is 2.36. The number of carbonyl (C=O) groups excluding carboxylic acids is 1. The second-order valence-electron chi connectivity index (χ2n) is 5.97. The minimum Gasteiger partial charge on any atom is -0.339 e. The molecule has 0 saturated carbocycles. The first-order chi connectivity index (χ1) is 12.5. The molecule has 1 aliphatic heterocycles. The van der Waals surface area contributed by atoms with Crippen LogP contribution in [0.4, 0.5) is 10.1 Å². The van der Waals surface area contributed by atoms with Gasteiger partial charge in [-0.25, -0.2) is 4.39 Å². The van der Waals surface area contributed by atoms with Gasteiger partial charge in [-0.1, -0.05) is 40.5 Å². The highest BCUT2D eigenvalue weighted by molar-refractivity contribution is 6.33. The molecule has 0 bridgehead atoms. The van der Waals surface area contributed by atoms with Gasteiger partial charge in [0.15, 0.2) is 0 Å². The van der Waals surface area contributed by atoms with E-state index in [0.29, 0.717) is 34.0 Å². The average Bonchev–Trinajstić information content (AvgIpc) is 3.24. The first kappa shape index (κ1) is 17.0. The fraction of sp³-hybridized carbons (Fsp3) is 0.167. The standard InChI is InChI=1S/C18H12Cl2FN3O2/c19-12-3-1-2-10(6-12)17-22-18(26-23-17)11-7-16(25)24(9-11)15-8-13(21)4-5-14(15)20/h1-6,8,11H,7,9H2. The van der Waals surface area contributed by atoms with Crippen molar-refractivity contribution in [3.05, 3.63) is 64.2 Å². The fourth-order valence-corrected chi connectivity index (χ4v) is 3.35. The van der Waals surface area contributed by atoms with Crippen molar-refractivity contribution in [2.45, 2.75) is 12.3 Å². The van der Waals surface area contributed by atoms with Crippen LogP contribution in [0.25, 0.3) is 11.4 Å². The number of hydrogen-bond donors (Lipinski definition) is 0. The van der Waals surface area contributed by atoms with Crippen molar-refractivity contribution in [1.29, 1.82) is 0 Å². The molecule has 4 rings (SSSR count). The molecule has 0 aliphatic carbocycles. The zero-order chi connectivity index (χ0) is 18.3. The van der Waals surface area contributed by atoms with Crippen LogP contribution in [0.3, 0.4) is 0 Å². The average molecular weight is 392 g/mol. The quantitative estimate of drug-likeness (QED) is 0.648. The molecule has 1 atom stereocenters. The molecule has 1 saturated heterocycles. The molecule has 132 valence electrons. The molecular formula is C18H12Cl2FN3O2. The van der Waals surface area contributed by atoms with Crippen LogP contribution in [0.2, 0.25) is 10.0 Å². The van der Waals surface area contributed by atoms with Gasteiger partial charge in [-0.2, -0.15) is 4.98 Å². The minimum atomic E-state index is -0.457. The molecule has 0 spiro atoms. The van der Waals surface area contributed by atoms with Crippen LogP contribution in [0.1, 0.15) is 18.2 Å². The number of amides is 1. The van der Waals surface area contributed by atoms with Gasteiger partial charge in [0.1, 0.15) is 5.82 Å². The van der Waals surface area contributed by atoms with E-state index >= 15 is 0 Å². The van der Waals surface area contributed by atoms with E-state index in [1.54, 1.807) is 18.2 Å². The molecule has 3 aromatic rings. The number of aromatic nitrogens is 2. The fourth-order valence-electron chi connectivity index (χ4n) is 2.94. The van der Waals surface area contributed by atoms with Gasteiger partial charge >= 0.3 is 0 Å². The van der Waals surface area contributed by atoms with Crippen LogP contribution in [0.5, 0.6) is 0 Å². The summed E-state index contributed by atoms with van der Waals surface area (Å²) >= 11 is 12.1. The Labute approximate surface area is 158 Å². The lowest BCUT2D eigenvalue weighted by atomic mass is 10.1. The van der Waals surface area contributed by atoms with Gasteiger partial charge in [0.25, 0.3) is 0 Å². The lowest BCUT2D eigenvalue weighted by Gasteiger charge is -2.17. The van der Waals surface area contributed by atoms with Gasteiger partial charge in [0, 0.05) is 23.6 Å². The van der Waals surface area contributed by atoms with E-state index in [-0.39, 0.29) is 18.2 Å². The number of hydrogen-bond acceptors (Lipinski definition) is 4. The Balaban J connectivity index is 1.59. The van der Waals surface area contributed by atoms with Crippen LogP contribution >= 0.6 is 23.2 Å². The van der Waals surface area contributed by atoms with Crippen molar-refractivity contribution in [2.24, 2.45) is 0 Å². The number of halogens is 3. The maximum absolute atomic E-state index is 13.5. The highest BCUT2D eigenvalue weighted by Crippen LogP contribution is 2.35. The summed E-state index contributed by atoms with van der Waals surface area (Å²) in [6.07, 6.45) is 0.185. The molecule has 1 fully saturated rings. The van der Waals surface area contributed by atoms with Gasteiger partial charge in [-0.3, -0.25) is 4.79 Å². The number of nitrogens with zero attached hydrogens (tertiary/aromatic N) is 3. The first-order valence-electron chi connectivity index (χ1n) is 7.86. The molecule has 1 aromatic heterocycles. The van der Waals surface area contributed by atoms with Gasteiger partial charge in [0.2, 0.25) is 17.6 Å². The molecule has 26 heavy (non-hydrogen) atoms. The Morgan fingerprint density at radius 2 is 2.04 bits per heavy atom. The summed E-state index contributed by atoms with van der Waals surface area (Å²) in [5, 5.41) is 4.84. The van der Waals surface area contributed by atoms with Crippen molar-refractivity contribution >= 4 is 34.8 Å². The summed E-state index contributed by atoms with van der Waals surface area (Å²) in [4.78, 5) is 18.2. The smallest absolute Gasteiger partial charge is 0.232 e. The Kier molecular flexibility index (Phi) is 4.38. The zero-order valence-electron chi connectivity index (χ0n) is 13.3. The highest BCUT2D eigenvalue weighted by atomic mass is 35.5. The molecule has 8 heteroatoms. The SMILES string of the molecule is O=C1CC(c2nc(-c3cccc(Cl)c3)no2)CN1c1cc(F)ccc1Cl. The van der Waals surface area contributed by atoms with E-state index in [1.165, 1.54) is 23.1 Å². The van der Waals surface area contributed by atoms with Crippen LogP contribution in [-0.4, -0.2) is 22.6 Å². The van der Waals surface area contributed by atoms with Gasteiger partial charge in [-0.15, -0.1) is 0 Å². The summed E-state index contributed by atoms with van der Waals surface area (Å²) in [6, 6.07) is 11.0. The molecule has 1 aliphatic rings. The molecule has 2 heterocycles. The summed E-state index contributed by atoms with van der Waals surface area (Å²) in [5.74, 6) is -0.172. The Bertz CT molecular complexity index is 992. The molecule has 0 radical (unpaired) electrons. The van der Waals surface area contributed by atoms with Crippen molar-refractivity contribution in [2.75, 3.05) is 11.4 Å². The second-order valence-corrected chi connectivity index (χ2v) is 6.81. The predicted octanol–water partition coefficient (Wildman–Crippen LogP) is 4.70. The van der Waals surface area contributed by atoms with Crippen LogP contribution < -0.4 is 4.90 Å². The molecular weight excluding hydrogens is 380 g/mol. The number of benzene rings is 2. The summed E-state index contributed by atoms with van der Waals surface area (Å²) in [5.41, 5.74) is 1.07. The predicted molar refractivity (Wildman–Crippen MR) is 95.9 cm³/mol. The van der Waals surface area contributed by atoms with E-state index < -0.39 is 5.82 Å². The minimum absolute atomic E-state index is 0.176. The number of anilines is 1. The third kappa shape index (κ3) is 3.18. The lowest BCUT2D eigenvalue weighted by Crippen LogP contribution is -2.24. The van der Waals surface area contributed by atoms with E-state index in [9.17, 15) is 9.18 Å². The number of carbonyl (C=O) groups is 1. The second kappa shape index (κ2) is 6.70. The largest absolute Gasteiger partial charge is 0.339 e. The first-order valence-corrected chi connectivity index (χ1v) is 8.62. The maximum atomic E-state index is 13.5. The van der Waals surface area contributed by atoms with E-state index in [0.717, 1.165) is 5.56 Å². The van der Waals surface area contributed by atoms with Crippen LogP contribution in [-0.2, 0) is 4.79 Å². The van der Waals surface area contributed by atoms with E-state index in [1.807, 2.05) is 6.07 Å². The van der Waals surface area contributed by atoms with Gasteiger partial charge in [0.05, 0.1) is 16.6 Å². The van der Waals surface area contributed by atoms with Crippen molar-refractivity contribution in [3.8, 4) is 11.4 Å². The molecule has 1 amide bonds. The molecule has 5 nitrogen and oxygen atoms in total. The van der Waals surface area contributed by atoms with Crippen LogP contribution in [0.15, 0.2) is 47.0 Å². The monoisotopic (exact) mass is 391 g/mol. The van der Waals surface area contributed by atoms with Crippen molar-refractivity contribution < 1.29 is 13.7 Å². The number of rotatable bonds is 3. The van der Waals surface area contributed by atoms with Gasteiger partial charge in [-0.05, 0) is 30.3 Å². The van der Waals surface area contributed by atoms with E-state index in [2.05, 4.69) is 10.1 Å². The topological polar surface area (TPSA) is 59.2 Å². The maximum Gasteiger partial charge on any atom is 0.232 e. The molecule has 0 N–H and O–H groups in total. The third-order valence-electron chi connectivity index (χ3n) is 4.20. The Morgan fingerprint density at radius 3 is 2.85 bits per heavy atom. The van der Waals surface area contributed by atoms with E-state index in [4.69, 9.17) is 27.7 Å². The normalized spacial score (nSPS) is 17.1. The lowest BCUT2D eigenvalue weighted by molar-refractivity contribution is -0.117. The van der Waals surface area contributed by atoms with Crippen molar-refractivity contribution in [3.63, 3.8) is 0 Å². The van der Waals surface area contributed by atoms with Crippen molar-refractivity contribution in [1.82, 2.24) is 10.1 Å². The summed E-state index contributed by atoms with van der Waals surface area (Å²) < 4.78 is 18.9. The van der Waals surface area contributed by atoms with Gasteiger partial charge < -0.3 is 9.42 Å². The van der Waals surface area contributed by atoms with Crippen LogP contribution in [0, 0.1) is 5.82 Å². The molecule has 1 unspecified atom stereocenters. The zero-order valence-corrected chi connectivity index (χ0v) is 14.8. The summed E-state index contributed by atoms with van der Waals surface area (Å²) in [6.45, 7) is 0.291. The third-order valence-corrected chi connectivity index (χ3v) is 4.75. The summed E-state index contributed by atoms with van der Waals surface area (Å²) in [7, 11) is 0. The molecule has 2 aromatic carbocycles.